The minimum absolute atomic E-state index is 0.487. The second kappa shape index (κ2) is 7.44. The van der Waals surface area contributed by atoms with Gasteiger partial charge in [0, 0.05) is 19.6 Å². The van der Waals surface area contributed by atoms with Gasteiger partial charge in [-0.2, -0.15) is 5.26 Å². The summed E-state index contributed by atoms with van der Waals surface area (Å²) < 4.78 is 10.8. The van der Waals surface area contributed by atoms with Crippen LogP contribution in [0.15, 0.2) is 24.3 Å². The van der Waals surface area contributed by atoms with Crippen molar-refractivity contribution in [2.24, 2.45) is 0 Å². The van der Waals surface area contributed by atoms with Gasteiger partial charge >= 0.3 is 0 Å². The molecule has 0 heterocycles. The van der Waals surface area contributed by atoms with Crippen molar-refractivity contribution in [3.05, 3.63) is 29.8 Å². The Morgan fingerprint density at radius 1 is 1.29 bits per heavy atom. The van der Waals surface area contributed by atoms with Gasteiger partial charge in [0.05, 0.1) is 19.3 Å². The topological polar surface area (TPSA) is 54.3 Å². The highest BCUT2D eigenvalue weighted by Gasteiger charge is 2.32. The molecule has 1 fully saturated rings. The molecule has 0 spiro atoms. The Balaban J connectivity index is 1.75. The van der Waals surface area contributed by atoms with Crippen LogP contribution in [0.3, 0.4) is 0 Å². The molecule has 1 aliphatic rings. The monoisotopic (exact) mass is 288 g/mol. The van der Waals surface area contributed by atoms with E-state index in [1.807, 2.05) is 19.1 Å². The molecule has 2 rings (SSSR count). The molecule has 0 aliphatic heterocycles. The number of hydrogen-bond acceptors (Lipinski definition) is 4. The zero-order chi connectivity index (χ0) is 15.1. The Kier molecular flexibility index (Phi) is 5.60. The third kappa shape index (κ3) is 5.37. The highest BCUT2D eigenvalue weighted by Crippen LogP contribution is 2.24. The van der Waals surface area contributed by atoms with E-state index < -0.39 is 5.54 Å². The first-order valence-corrected chi connectivity index (χ1v) is 7.55. The van der Waals surface area contributed by atoms with Crippen LogP contribution in [-0.4, -0.2) is 31.9 Å². The summed E-state index contributed by atoms with van der Waals surface area (Å²) >= 11 is 0. The number of rotatable bonds is 9. The van der Waals surface area contributed by atoms with Gasteiger partial charge in [-0.1, -0.05) is 12.1 Å². The molecule has 1 aromatic carbocycles. The second-order valence-corrected chi connectivity index (χ2v) is 5.85. The average Bonchev–Trinajstić information content (AvgIpc) is 3.30. The van der Waals surface area contributed by atoms with E-state index in [9.17, 15) is 5.26 Å². The van der Waals surface area contributed by atoms with Crippen molar-refractivity contribution in [3.8, 4) is 11.8 Å². The number of nitriles is 1. The number of nitrogens with zero attached hydrogens (tertiary/aromatic N) is 1. The van der Waals surface area contributed by atoms with Gasteiger partial charge in [0.25, 0.3) is 0 Å². The van der Waals surface area contributed by atoms with E-state index in [1.165, 1.54) is 18.4 Å². The van der Waals surface area contributed by atoms with Crippen LogP contribution in [0, 0.1) is 11.3 Å². The lowest BCUT2D eigenvalue weighted by Crippen LogP contribution is -2.43. The first-order valence-electron chi connectivity index (χ1n) is 7.55. The average molecular weight is 288 g/mol. The van der Waals surface area contributed by atoms with Crippen LogP contribution in [-0.2, 0) is 11.2 Å². The van der Waals surface area contributed by atoms with Gasteiger partial charge in [0.2, 0.25) is 0 Å². The fourth-order valence-corrected chi connectivity index (χ4v) is 2.18. The molecule has 0 aromatic heterocycles. The molecule has 0 bridgehead atoms. The Morgan fingerprint density at radius 3 is 2.57 bits per heavy atom. The van der Waals surface area contributed by atoms with Gasteiger partial charge in [-0.3, -0.25) is 5.32 Å². The highest BCUT2D eigenvalue weighted by atomic mass is 16.5. The van der Waals surface area contributed by atoms with E-state index >= 15 is 0 Å². The molecule has 1 N–H and O–H groups in total. The molecule has 4 heteroatoms. The molecular formula is C17H24N2O2. The van der Waals surface area contributed by atoms with Crippen molar-refractivity contribution in [3.63, 3.8) is 0 Å². The zero-order valence-electron chi connectivity index (χ0n) is 12.9. The third-order valence-electron chi connectivity index (χ3n) is 3.74. The SMILES string of the molecule is COCCc1ccc(OCCC(C)(C#N)NC2CC2)cc1. The molecule has 1 saturated carbocycles. The van der Waals surface area contributed by atoms with Gasteiger partial charge in [-0.25, -0.2) is 0 Å². The molecule has 0 radical (unpaired) electrons. The van der Waals surface area contributed by atoms with Crippen molar-refractivity contribution in [2.45, 2.75) is 44.2 Å². The summed E-state index contributed by atoms with van der Waals surface area (Å²) in [5, 5.41) is 12.7. The molecule has 1 atom stereocenters. The normalized spacial score (nSPS) is 17.0. The van der Waals surface area contributed by atoms with Crippen molar-refractivity contribution < 1.29 is 9.47 Å². The van der Waals surface area contributed by atoms with Gasteiger partial charge in [-0.05, 0) is 43.9 Å². The van der Waals surface area contributed by atoms with Gasteiger partial charge < -0.3 is 9.47 Å². The van der Waals surface area contributed by atoms with E-state index in [1.54, 1.807) is 7.11 Å². The van der Waals surface area contributed by atoms with Crippen molar-refractivity contribution in [2.75, 3.05) is 20.3 Å². The standard InChI is InChI=1S/C17H24N2O2/c1-17(13-18,19-15-5-6-15)10-12-21-16-7-3-14(4-8-16)9-11-20-2/h3-4,7-8,15,19H,5-6,9-12H2,1-2H3. The van der Waals surface area contributed by atoms with Crippen LogP contribution in [0.5, 0.6) is 5.75 Å². The fraction of sp³-hybridized carbons (Fsp3) is 0.588. The summed E-state index contributed by atoms with van der Waals surface area (Å²) in [5.41, 5.74) is 0.751. The number of ether oxygens (including phenoxy) is 2. The summed E-state index contributed by atoms with van der Waals surface area (Å²) in [6, 6.07) is 10.9. The summed E-state index contributed by atoms with van der Waals surface area (Å²) in [5.74, 6) is 0.850. The van der Waals surface area contributed by atoms with Crippen molar-refractivity contribution in [1.29, 1.82) is 5.26 Å². The predicted octanol–water partition coefficient (Wildman–Crippen LogP) is 2.68. The molecule has 1 aliphatic carbocycles. The first kappa shape index (κ1) is 15.8. The Morgan fingerprint density at radius 2 is 2.00 bits per heavy atom. The van der Waals surface area contributed by atoms with Gasteiger partial charge in [0.1, 0.15) is 11.3 Å². The molecule has 4 nitrogen and oxygen atoms in total. The highest BCUT2D eigenvalue weighted by molar-refractivity contribution is 5.27. The van der Waals surface area contributed by atoms with Crippen LogP contribution >= 0.6 is 0 Å². The van der Waals surface area contributed by atoms with Crippen LogP contribution in [0.1, 0.15) is 31.7 Å². The van der Waals surface area contributed by atoms with E-state index in [0.717, 1.165) is 18.8 Å². The Labute approximate surface area is 127 Å². The number of hydrogen-bond donors (Lipinski definition) is 1. The molecule has 1 aromatic rings. The van der Waals surface area contributed by atoms with E-state index in [4.69, 9.17) is 9.47 Å². The van der Waals surface area contributed by atoms with E-state index in [-0.39, 0.29) is 0 Å². The van der Waals surface area contributed by atoms with E-state index in [0.29, 0.717) is 19.1 Å². The maximum atomic E-state index is 9.30. The maximum absolute atomic E-state index is 9.30. The lowest BCUT2D eigenvalue weighted by atomic mass is 10.0. The fourth-order valence-electron chi connectivity index (χ4n) is 2.18. The summed E-state index contributed by atoms with van der Waals surface area (Å²) in [4.78, 5) is 0. The van der Waals surface area contributed by atoms with Crippen LogP contribution in [0.4, 0.5) is 0 Å². The lowest BCUT2D eigenvalue weighted by Gasteiger charge is -2.23. The van der Waals surface area contributed by atoms with Crippen molar-refractivity contribution in [1.82, 2.24) is 5.32 Å². The Hall–Kier alpha value is -1.57. The summed E-state index contributed by atoms with van der Waals surface area (Å²) in [7, 11) is 1.71. The van der Waals surface area contributed by atoms with Crippen LogP contribution in [0.2, 0.25) is 0 Å². The lowest BCUT2D eigenvalue weighted by molar-refractivity contribution is 0.202. The third-order valence-corrected chi connectivity index (χ3v) is 3.74. The minimum Gasteiger partial charge on any atom is -0.493 e. The summed E-state index contributed by atoms with van der Waals surface area (Å²) in [6.45, 7) is 3.22. The Bertz CT molecular complexity index is 477. The predicted molar refractivity (Wildman–Crippen MR) is 82.3 cm³/mol. The molecule has 0 saturated heterocycles. The largest absolute Gasteiger partial charge is 0.493 e. The smallest absolute Gasteiger partial charge is 0.119 e. The molecule has 0 amide bonds. The molecule has 1 unspecified atom stereocenters. The second-order valence-electron chi connectivity index (χ2n) is 5.85. The maximum Gasteiger partial charge on any atom is 0.119 e. The van der Waals surface area contributed by atoms with Gasteiger partial charge in [0.15, 0.2) is 0 Å². The quantitative estimate of drug-likeness (QED) is 0.759. The number of benzene rings is 1. The van der Waals surface area contributed by atoms with Crippen LogP contribution in [0.25, 0.3) is 0 Å². The zero-order valence-corrected chi connectivity index (χ0v) is 12.9. The number of nitrogens with one attached hydrogen (secondary N) is 1. The summed E-state index contributed by atoms with van der Waals surface area (Å²) in [6.07, 6.45) is 3.96. The molecule has 21 heavy (non-hydrogen) atoms. The van der Waals surface area contributed by atoms with Crippen LogP contribution < -0.4 is 10.1 Å². The first-order chi connectivity index (χ1) is 10.1. The number of methoxy groups -OCH3 is 1. The molecule has 114 valence electrons. The van der Waals surface area contributed by atoms with Gasteiger partial charge in [-0.15, -0.1) is 0 Å². The molecular weight excluding hydrogens is 264 g/mol. The van der Waals surface area contributed by atoms with Crippen molar-refractivity contribution >= 4 is 0 Å². The van der Waals surface area contributed by atoms with E-state index in [2.05, 4.69) is 23.5 Å². The minimum atomic E-state index is -0.487.